The zero-order valence-electron chi connectivity index (χ0n) is 17.1. The predicted octanol–water partition coefficient (Wildman–Crippen LogP) is 3.60. The standard InChI is InChI=1S/C21H25F2N3O3S2/c1-30-13-10-18(25-31(28,29)20-7-3-2-6-16(20)22)21(27)24-15-8-9-19(17(23)14-15)26-11-4-5-12-26/h2-3,6-9,14,18,25H,4-5,10-13H2,1H3,(H,24,27). The first-order valence-corrected chi connectivity index (χ1v) is 12.8. The lowest BCUT2D eigenvalue weighted by molar-refractivity contribution is -0.117. The number of amides is 1. The van der Waals surface area contributed by atoms with E-state index in [2.05, 4.69) is 10.0 Å². The van der Waals surface area contributed by atoms with Gasteiger partial charge in [-0.3, -0.25) is 4.79 Å². The maximum atomic E-state index is 14.5. The van der Waals surface area contributed by atoms with Gasteiger partial charge in [-0.15, -0.1) is 0 Å². The molecule has 0 bridgehead atoms. The van der Waals surface area contributed by atoms with Crippen LogP contribution in [0.2, 0.25) is 0 Å². The third-order valence-electron chi connectivity index (χ3n) is 5.01. The van der Waals surface area contributed by atoms with Crippen molar-refractivity contribution < 1.29 is 22.0 Å². The molecule has 6 nitrogen and oxygen atoms in total. The third kappa shape index (κ3) is 5.96. The Morgan fingerprint density at radius 3 is 2.48 bits per heavy atom. The number of thioether (sulfide) groups is 1. The summed E-state index contributed by atoms with van der Waals surface area (Å²) in [4.78, 5) is 14.2. The molecule has 0 aromatic heterocycles. The van der Waals surface area contributed by atoms with Gasteiger partial charge in [0.15, 0.2) is 0 Å². The second-order valence-corrected chi connectivity index (χ2v) is 9.90. The second kappa shape index (κ2) is 10.4. The van der Waals surface area contributed by atoms with E-state index < -0.39 is 38.5 Å². The number of carbonyl (C=O) groups excluding carboxylic acids is 1. The Morgan fingerprint density at radius 1 is 1.13 bits per heavy atom. The average Bonchev–Trinajstić information content (AvgIpc) is 3.26. The van der Waals surface area contributed by atoms with Crippen LogP contribution in [0.1, 0.15) is 19.3 Å². The lowest BCUT2D eigenvalue weighted by Crippen LogP contribution is -2.44. The summed E-state index contributed by atoms with van der Waals surface area (Å²) < 4.78 is 56.1. The van der Waals surface area contributed by atoms with Gasteiger partial charge >= 0.3 is 0 Å². The number of nitrogens with one attached hydrogen (secondary N) is 2. The Morgan fingerprint density at radius 2 is 1.84 bits per heavy atom. The van der Waals surface area contributed by atoms with Crippen LogP contribution in [-0.4, -0.2) is 45.5 Å². The van der Waals surface area contributed by atoms with Crippen LogP contribution < -0.4 is 14.9 Å². The first kappa shape index (κ1) is 23.5. The van der Waals surface area contributed by atoms with Crippen LogP contribution in [0.3, 0.4) is 0 Å². The van der Waals surface area contributed by atoms with E-state index >= 15 is 0 Å². The lowest BCUT2D eigenvalue weighted by Gasteiger charge is -2.20. The largest absolute Gasteiger partial charge is 0.369 e. The Bertz CT molecular complexity index is 1030. The number of rotatable bonds is 9. The van der Waals surface area contributed by atoms with Crippen LogP contribution >= 0.6 is 11.8 Å². The Balaban J connectivity index is 1.75. The van der Waals surface area contributed by atoms with Crippen molar-refractivity contribution in [3.8, 4) is 0 Å². The van der Waals surface area contributed by atoms with E-state index in [1.807, 2.05) is 11.2 Å². The molecule has 0 radical (unpaired) electrons. The molecule has 2 aromatic carbocycles. The fourth-order valence-electron chi connectivity index (χ4n) is 3.42. The van der Waals surface area contributed by atoms with Crippen molar-refractivity contribution in [2.45, 2.75) is 30.2 Å². The van der Waals surface area contributed by atoms with Crippen LogP contribution in [0.5, 0.6) is 0 Å². The van der Waals surface area contributed by atoms with Gasteiger partial charge in [0.05, 0.1) is 5.69 Å². The molecule has 1 saturated heterocycles. The fraction of sp³-hybridized carbons (Fsp3) is 0.381. The van der Waals surface area contributed by atoms with Crippen LogP contribution in [0.25, 0.3) is 0 Å². The van der Waals surface area contributed by atoms with Crippen LogP contribution in [0, 0.1) is 11.6 Å². The van der Waals surface area contributed by atoms with Gasteiger partial charge in [-0.05, 0) is 61.6 Å². The van der Waals surface area contributed by atoms with E-state index in [0.717, 1.165) is 38.1 Å². The first-order chi connectivity index (χ1) is 14.8. The SMILES string of the molecule is CSCCC(NS(=O)(=O)c1ccccc1F)C(=O)Nc1ccc(N2CCCC2)c(F)c1. The van der Waals surface area contributed by atoms with Gasteiger partial charge in [-0.2, -0.15) is 16.5 Å². The molecule has 10 heteroatoms. The molecular weight excluding hydrogens is 444 g/mol. The summed E-state index contributed by atoms with van der Waals surface area (Å²) in [6.07, 6.45) is 4.04. The number of hydrogen-bond acceptors (Lipinski definition) is 5. The Hall–Kier alpha value is -2.17. The maximum absolute atomic E-state index is 14.5. The molecule has 1 unspecified atom stereocenters. The Labute approximate surface area is 185 Å². The predicted molar refractivity (Wildman–Crippen MR) is 120 cm³/mol. The van der Waals surface area contributed by atoms with E-state index in [1.165, 1.54) is 30.0 Å². The van der Waals surface area contributed by atoms with E-state index in [-0.39, 0.29) is 12.1 Å². The molecule has 2 N–H and O–H groups in total. The van der Waals surface area contributed by atoms with E-state index in [0.29, 0.717) is 11.4 Å². The highest BCUT2D eigenvalue weighted by Gasteiger charge is 2.27. The van der Waals surface area contributed by atoms with E-state index in [1.54, 1.807) is 12.1 Å². The molecule has 1 atom stereocenters. The summed E-state index contributed by atoms with van der Waals surface area (Å²) in [5, 5.41) is 2.57. The lowest BCUT2D eigenvalue weighted by atomic mass is 10.2. The number of nitrogens with zero attached hydrogens (tertiary/aromatic N) is 1. The van der Waals surface area contributed by atoms with Crippen molar-refractivity contribution >= 4 is 39.1 Å². The number of sulfonamides is 1. The van der Waals surface area contributed by atoms with E-state index in [4.69, 9.17) is 0 Å². The number of halogens is 2. The smallest absolute Gasteiger partial charge is 0.244 e. The normalized spacial score (nSPS) is 15.1. The van der Waals surface area contributed by atoms with Crippen molar-refractivity contribution in [1.82, 2.24) is 4.72 Å². The fourth-order valence-corrected chi connectivity index (χ4v) is 5.20. The average molecular weight is 470 g/mol. The van der Waals surface area contributed by atoms with Crippen LogP contribution in [-0.2, 0) is 14.8 Å². The molecule has 0 saturated carbocycles. The maximum Gasteiger partial charge on any atom is 0.244 e. The first-order valence-electron chi connectivity index (χ1n) is 9.93. The summed E-state index contributed by atoms with van der Waals surface area (Å²) in [5.74, 6) is -1.49. The zero-order chi connectivity index (χ0) is 22.4. The van der Waals surface area contributed by atoms with Gasteiger partial charge in [0.1, 0.15) is 22.6 Å². The quantitative estimate of drug-likeness (QED) is 0.587. The Kier molecular flexibility index (Phi) is 7.90. The molecule has 1 aliphatic heterocycles. The van der Waals surface area contributed by atoms with E-state index in [9.17, 15) is 22.0 Å². The van der Waals surface area contributed by atoms with Crippen LogP contribution in [0.4, 0.5) is 20.2 Å². The van der Waals surface area contributed by atoms with Crippen molar-refractivity contribution in [1.29, 1.82) is 0 Å². The minimum atomic E-state index is -4.26. The molecular formula is C21H25F2N3O3S2. The molecule has 31 heavy (non-hydrogen) atoms. The highest BCUT2D eigenvalue weighted by atomic mass is 32.2. The number of hydrogen-bond donors (Lipinski definition) is 2. The molecule has 2 aromatic rings. The van der Waals surface area contributed by atoms with Gasteiger partial charge < -0.3 is 10.2 Å². The summed E-state index contributed by atoms with van der Waals surface area (Å²) in [6, 6.07) is 8.24. The molecule has 1 fully saturated rings. The summed E-state index contributed by atoms with van der Waals surface area (Å²) in [6.45, 7) is 1.58. The number of carbonyl (C=O) groups is 1. The minimum Gasteiger partial charge on any atom is -0.369 e. The van der Waals surface area contributed by atoms with Crippen molar-refractivity contribution in [2.24, 2.45) is 0 Å². The van der Waals surface area contributed by atoms with Gasteiger partial charge in [-0.1, -0.05) is 12.1 Å². The van der Waals surface area contributed by atoms with Crippen molar-refractivity contribution in [3.05, 3.63) is 54.1 Å². The summed E-state index contributed by atoms with van der Waals surface area (Å²) in [5.41, 5.74) is 0.708. The summed E-state index contributed by atoms with van der Waals surface area (Å²) in [7, 11) is -4.26. The van der Waals surface area contributed by atoms with Gasteiger partial charge in [-0.25, -0.2) is 17.2 Å². The molecule has 0 spiro atoms. The second-order valence-electron chi connectivity index (χ2n) is 7.24. The minimum absolute atomic E-state index is 0.190. The molecule has 1 aliphatic rings. The van der Waals surface area contributed by atoms with Crippen molar-refractivity contribution in [3.63, 3.8) is 0 Å². The number of benzene rings is 2. The van der Waals surface area contributed by atoms with Gasteiger partial charge in [0.25, 0.3) is 0 Å². The summed E-state index contributed by atoms with van der Waals surface area (Å²) >= 11 is 1.44. The topological polar surface area (TPSA) is 78.5 Å². The zero-order valence-corrected chi connectivity index (χ0v) is 18.7. The molecule has 3 rings (SSSR count). The van der Waals surface area contributed by atoms with Gasteiger partial charge in [0.2, 0.25) is 15.9 Å². The third-order valence-corrected chi connectivity index (χ3v) is 7.16. The highest BCUT2D eigenvalue weighted by molar-refractivity contribution is 7.98. The van der Waals surface area contributed by atoms with Crippen molar-refractivity contribution in [2.75, 3.05) is 35.3 Å². The number of anilines is 2. The molecule has 168 valence electrons. The molecule has 1 amide bonds. The molecule has 1 heterocycles. The van der Waals surface area contributed by atoms with Gasteiger partial charge in [0, 0.05) is 18.8 Å². The monoisotopic (exact) mass is 469 g/mol. The van der Waals surface area contributed by atoms with Crippen LogP contribution in [0.15, 0.2) is 47.4 Å². The highest BCUT2D eigenvalue weighted by Crippen LogP contribution is 2.26. The molecule has 0 aliphatic carbocycles.